The highest BCUT2D eigenvalue weighted by Crippen LogP contribution is 2.31. The summed E-state index contributed by atoms with van der Waals surface area (Å²) in [5.74, 6) is -0.484. The lowest BCUT2D eigenvalue weighted by molar-refractivity contribution is -0.141. The Hall–Kier alpha value is -1.30. The summed E-state index contributed by atoms with van der Waals surface area (Å²) in [6, 6.07) is -1.12. The summed E-state index contributed by atoms with van der Waals surface area (Å²) in [5.41, 5.74) is 0. The van der Waals surface area contributed by atoms with Crippen LogP contribution in [0.2, 0.25) is 0 Å². The summed E-state index contributed by atoms with van der Waals surface area (Å²) in [4.78, 5) is 26.7. The van der Waals surface area contributed by atoms with Gasteiger partial charge in [0.05, 0.1) is 6.10 Å². The smallest absolute Gasteiger partial charge is 0.326 e. The number of hydrogen-bond acceptors (Lipinski definition) is 3. The minimum atomic E-state index is -1.04. The molecule has 0 spiro atoms. The molecule has 2 aliphatic rings. The lowest BCUT2D eigenvalue weighted by Crippen LogP contribution is -2.51. The molecule has 0 unspecified atom stereocenters. The van der Waals surface area contributed by atoms with Crippen LogP contribution in [0.15, 0.2) is 0 Å². The minimum absolute atomic E-state index is 0.0419. The Kier molecular flexibility index (Phi) is 3.99. The molecule has 1 saturated heterocycles. The van der Waals surface area contributed by atoms with Crippen LogP contribution in [0.4, 0.5) is 4.79 Å². The summed E-state index contributed by atoms with van der Waals surface area (Å²) in [7, 11) is 0. The van der Waals surface area contributed by atoms with Crippen molar-refractivity contribution in [1.82, 2.24) is 9.80 Å². The van der Waals surface area contributed by atoms with Gasteiger partial charge in [-0.15, -0.1) is 0 Å². The maximum atomic E-state index is 12.5. The third-order valence-electron chi connectivity index (χ3n) is 3.83. The summed E-state index contributed by atoms with van der Waals surface area (Å²) in [6.45, 7) is 4.67. The second-order valence-corrected chi connectivity index (χ2v) is 5.87. The third-order valence-corrected chi connectivity index (χ3v) is 3.83. The predicted octanol–water partition coefficient (Wildman–Crippen LogP) is 0.747. The van der Waals surface area contributed by atoms with Gasteiger partial charge in [0.25, 0.3) is 0 Å². The predicted molar refractivity (Wildman–Crippen MR) is 68.7 cm³/mol. The van der Waals surface area contributed by atoms with Gasteiger partial charge in [-0.2, -0.15) is 0 Å². The fraction of sp³-hybridized carbons (Fsp3) is 0.846. The maximum Gasteiger partial charge on any atom is 0.326 e. The average molecular weight is 270 g/mol. The van der Waals surface area contributed by atoms with E-state index in [9.17, 15) is 14.7 Å². The Morgan fingerprint density at radius 1 is 1.37 bits per heavy atom. The molecule has 19 heavy (non-hydrogen) atoms. The van der Waals surface area contributed by atoms with Crippen LogP contribution in [0, 0.1) is 5.92 Å². The molecule has 6 heteroatoms. The molecule has 1 aliphatic heterocycles. The first-order valence-electron chi connectivity index (χ1n) is 6.88. The van der Waals surface area contributed by atoms with Crippen LogP contribution in [0.1, 0.15) is 33.1 Å². The molecule has 1 saturated carbocycles. The van der Waals surface area contributed by atoms with Crippen LogP contribution in [0.5, 0.6) is 0 Å². The van der Waals surface area contributed by atoms with E-state index in [0.29, 0.717) is 12.5 Å². The molecule has 1 heterocycles. The van der Waals surface area contributed by atoms with Gasteiger partial charge in [-0.3, -0.25) is 0 Å². The normalized spacial score (nSPS) is 26.8. The molecule has 2 atom stereocenters. The summed E-state index contributed by atoms with van der Waals surface area (Å²) < 4.78 is 0. The number of aliphatic carboxylic acids is 1. The zero-order valence-electron chi connectivity index (χ0n) is 11.5. The van der Waals surface area contributed by atoms with Gasteiger partial charge in [-0.05, 0) is 32.6 Å². The Bertz CT molecular complexity index is 368. The first-order valence-corrected chi connectivity index (χ1v) is 6.88. The Morgan fingerprint density at radius 3 is 2.47 bits per heavy atom. The van der Waals surface area contributed by atoms with Crippen LogP contribution < -0.4 is 0 Å². The molecule has 0 aromatic rings. The van der Waals surface area contributed by atoms with Crippen molar-refractivity contribution in [3.05, 3.63) is 0 Å². The van der Waals surface area contributed by atoms with E-state index in [1.807, 2.05) is 13.8 Å². The molecule has 2 fully saturated rings. The van der Waals surface area contributed by atoms with E-state index in [-0.39, 0.29) is 25.0 Å². The lowest BCUT2D eigenvalue weighted by atomic mass is 10.2. The van der Waals surface area contributed by atoms with Gasteiger partial charge in [0.15, 0.2) is 0 Å². The van der Waals surface area contributed by atoms with Crippen molar-refractivity contribution in [2.24, 2.45) is 5.92 Å². The number of amides is 2. The van der Waals surface area contributed by atoms with Gasteiger partial charge >= 0.3 is 12.0 Å². The number of carbonyl (C=O) groups excluding carboxylic acids is 1. The molecule has 2 amide bonds. The van der Waals surface area contributed by atoms with E-state index in [0.717, 1.165) is 12.8 Å². The highest BCUT2D eigenvalue weighted by Gasteiger charge is 2.41. The van der Waals surface area contributed by atoms with Crippen molar-refractivity contribution in [3.63, 3.8) is 0 Å². The monoisotopic (exact) mass is 270 g/mol. The quantitative estimate of drug-likeness (QED) is 0.789. The number of aliphatic hydroxyl groups excluding tert-OH is 1. The molecule has 0 aromatic heterocycles. The molecule has 1 aliphatic carbocycles. The molecular weight excluding hydrogens is 248 g/mol. The fourth-order valence-corrected chi connectivity index (χ4v) is 2.51. The number of carboxylic acid groups (broad SMARTS) is 1. The zero-order chi connectivity index (χ0) is 14.2. The Labute approximate surface area is 113 Å². The fourth-order valence-electron chi connectivity index (χ4n) is 2.51. The number of carboxylic acids is 1. The van der Waals surface area contributed by atoms with Crippen LogP contribution in [-0.4, -0.2) is 63.3 Å². The molecule has 6 nitrogen and oxygen atoms in total. The zero-order valence-corrected chi connectivity index (χ0v) is 11.5. The first kappa shape index (κ1) is 14.1. The highest BCUT2D eigenvalue weighted by molar-refractivity contribution is 5.83. The van der Waals surface area contributed by atoms with Crippen molar-refractivity contribution in [2.75, 3.05) is 13.1 Å². The molecule has 108 valence electrons. The number of β-amino-alcohol motifs (C(OH)–C–C–N with tert-alkyl or cyclic N) is 1. The highest BCUT2D eigenvalue weighted by atomic mass is 16.4. The van der Waals surface area contributed by atoms with Gasteiger partial charge in [-0.1, -0.05) is 0 Å². The largest absolute Gasteiger partial charge is 0.480 e. The number of aliphatic hydroxyl groups is 1. The van der Waals surface area contributed by atoms with E-state index in [2.05, 4.69) is 0 Å². The topological polar surface area (TPSA) is 81.1 Å². The summed E-state index contributed by atoms with van der Waals surface area (Å²) in [6.07, 6.45) is 1.67. The van der Waals surface area contributed by atoms with Crippen molar-refractivity contribution in [2.45, 2.75) is 51.3 Å². The van der Waals surface area contributed by atoms with Crippen molar-refractivity contribution < 1.29 is 19.8 Å². The molecule has 0 aromatic carbocycles. The number of hydrogen-bond donors (Lipinski definition) is 2. The van der Waals surface area contributed by atoms with Gasteiger partial charge < -0.3 is 20.0 Å². The van der Waals surface area contributed by atoms with Crippen LogP contribution in [-0.2, 0) is 4.79 Å². The standard InChI is InChI=1S/C13H22N2O4/c1-8(2)14(6-9-3-4-9)13(19)15-7-10(16)5-11(15)12(17)18/h8-11,16H,3-7H2,1-2H3,(H,17,18)/t10-,11-/m1/s1. The van der Waals surface area contributed by atoms with Gasteiger partial charge in [-0.25, -0.2) is 9.59 Å². The Morgan fingerprint density at radius 2 is 2.00 bits per heavy atom. The third kappa shape index (κ3) is 3.18. The maximum absolute atomic E-state index is 12.5. The van der Waals surface area contributed by atoms with E-state index in [1.165, 1.54) is 4.90 Å². The second-order valence-electron chi connectivity index (χ2n) is 5.87. The Balaban J connectivity index is 2.08. The van der Waals surface area contributed by atoms with Crippen molar-refractivity contribution >= 4 is 12.0 Å². The van der Waals surface area contributed by atoms with Crippen molar-refractivity contribution in [3.8, 4) is 0 Å². The number of rotatable bonds is 4. The molecule has 2 rings (SSSR count). The van der Waals surface area contributed by atoms with Gasteiger partial charge in [0, 0.05) is 25.6 Å². The minimum Gasteiger partial charge on any atom is -0.480 e. The lowest BCUT2D eigenvalue weighted by Gasteiger charge is -2.33. The first-order chi connectivity index (χ1) is 8.90. The molecule has 0 bridgehead atoms. The van der Waals surface area contributed by atoms with E-state index in [1.54, 1.807) is 4.90 Å². The van der Waals surface area contributed by atoms with Crippen molar-refractivity contribution in [1.29, 1.82) is 0 Å². The molecule has 0 radical (unpaired) electrons. The van der Waals surface area contributed by atoms with Gasteiger partial charge in [0.1, 0.15) is 6.04 Å². The van der Waals surface area contributed by atoms with E-state index in [4.69, 9.17) is 5.11 Å². The number of nitrogens with zero attached hydrogens (tertiary/aromatic N) is 2. The number of urea groups is 1. The number of carbonyl (C=O) groups is 2. The van der Waals surface area contributed by atoms with Gasteiger partial charge in [0.2, 0.25) is 0 Å². The average Bonchev–Trinajstić information content (AvgIpc) is 3.05. The molecule has 2 N–H and O–H groups in total. The second kappa shape index (κ2) is 5.36. The summed E-state index contributed by atoms with van der Waals surface area (Å²) >= 11 is 0. The summed E-state index contributed by atoms with van der Waals surface area (Å²) in [5, 5.41) is 18.7. The van der Waals surface area contributed by atoms with Crippen LogP contribution >= 0.6 is 0 Å². The number of likely N-dealkylation sites (tertiary alicyclic amines) is 1. The van der Waals surface area contributed by atoms with E-state index < -0.39 is 18.1 Å². The SMILES string of the molecule is CC(C)N(CC1CC1)C(=O)N1C[C@H](O)C[C@@H]1C(=O)O. The van der Waals surface area contributed by atoms with Crippen LogP contribution in [0.25, 0.3) is 0 Å². The molecular formula is C13H22N2O4. The van der Waals surface area contributed by atoms with Crippen LogP contribution in [0.3, 0.4) is 0 Å². The van der Waals surface area contributed by atoms with E-state index >= 15 is 0 Å².